The Morgan fingerprint density at radius 3 is 3.00 bits per heavy atom. The van der Waals surface area contributed by atoms with Crippen LogP contribution in [-0.2, 0) is 16.0 Å². The second-order valence-electron chi connectivity index (χ2n) is 6.78. The highest BCUT2D eigenvalue weighted by Crippen LogP contribution is 2.25. The summed E-state index contributed by atoms with van der Waals surface area (Å²) in [4.78, 5) is 17.1. The summed E-state index contributed by atoms with van der Waals surface area (Å²) in [5, 5.41) is 10.6. The van der Waals surface area contributed by atoms with E-state index >= 15 is 0 Å². The van der Waals surface area contributed by atoms with Gasteiger partial charge in [-0.25, -0.2) is 14.5 Å². The van der Waals surface area contributed by atoms with Crippen molar-refractivity contribution in [2.24, 2.45) is 0 Å². The number of aromatic nitrogens is 3. The van der Waals surface area contributed by atoms with Crippen LogP contribution in [0.15, 0.2) is 41.9 Å². The van der Waals surface area contributed by atoms with Crippen LogP contribution in [0.4, 0.5) is 0 Å². The van der Waals surface area contributed by atoms with Crippen molar-refractivity contribution in [2.45, 2.75) is 32.4 Å². The standard InChI is InChI=1S/C21H24N4O3S/c1-2-27-20(26)17-12-23-25(19(17)13-22-11-16-9-6-10-28-16)21-24-18(14-29-21)15-7-4-3-5-8-15/h3-5,7-8,12,14,16,22H,2,6,9-11,13H2,1H3/t16-/m1/s1. The maximum absolute atomic E-state index is 12.4. The van der Waals surface area contributed by atoms with Gasteiger partial charge in [0.25, 0.3) is 0 Å². The van der Waals surface area contributed by atoms with E-state index in [-0.39, 0.29) is 12.1 Å². The molecule has 0 saturated carbocycles. The van der Waals surface area contributed by atoms with E-state index in [1.54, 1.807) is 17.8 Å². The molecule has 152 valence electrons. The first-order chi connectivity index (χ1) is 14.3. The third kappa shape index (κ3) is 4.55. The van der Waals surface area contributed by atoms with Gasteiger partial charge >= 0.3 is 5.97 Å². The van der Waals surface area contributed by atoms with E-state index in [4.69, 9.17) is 14.5 Å². The van der Waals surface area contributed by atoms with Crippen LogP contribution in [0.25, 0.3) is 16.4 Å². The number of nitrogens with zero attached hydrogens (tertiary/aromatic N) is 3. The van der Waals surface area contributed by atoms with Gasteiger partial charge in [-0.2, -0.15) is 5.10 Å². The molecule has 1 aliphatic heterocycles. The van der Waals surface area contributed by atoms with Gasteiger partial charge in [0.2, 0.25) is 5.13 Å². The van der Waals surface area contributed by atoms with E-state index < -0.39 is 0 Å². The van der Waals surface area contributed by atoms with Crippen molar-refractivity contribution in [1.82, 2.24) is 20.1 Å². The van der Waals surface area contributed by atoms with Crippen molar-refractivity contribution in [3.05, 3.63) is 53.2 Å². The summed E-state index contributed by atoms with van der Waals surface area (Å²) in [6, 6.07) is 10.0. The topological polar surface area (TPSA) is 78.3 Å². The number of hydrogen-bond donors (Lipinski definition) is 1. The predicted molar refractivity (Wildman–Crippen MR) is 111 cm³/mol. The van der Waals surface area contributed by atoms with Crippen molar-refractivity contribution in [2.75, 3.05) is 19.8 Å². The molecule has 0 amide bonds. The molecule has 3 aromatic rings. The van der Waals surface area contributed by atoms with Gasteiger partial charge < -0.3 is 14.8 Å². The third-order valence-electron chi connectivity index (χ3n) is 4.80. The molecular formula is C21H24N4O3S. The largest absolute Gasteiger partial charge is 0.462 e. The number of carbonyl (C=O) groups excluding carboxylic acids is 1. The fraction of sp³-hybridized carbons (Fsp3) is 0.381. The summed E-state index contributed by atoms with van der Waals surface area (Å²) in [6.45, 7) is 4.15. The molecule has 1 aromatic carbocycles. The monoisotopic (exact) mass is 412 g/mol. The lowest BCUT2D eigenvalue weighted by Gasteiger charge is -2.12. The van der Waals surface area contributed by atoms with Crippen molar-refractivity contribution < 1.29 is 14.3 Å². The zero-order valence-corrected chi connectivity index (χ0v) is 17.2. The lowest BCUT2D eigenvalue weighted by Crippen LogP contribution is -2.27. The van der Waals surface area contributed by atoms with Crippen molar-refractivity contribution in [3.8, 4) is 16.4 Å². The smallest absolute Gasteiger partial charge is 0.341 e. The number of nitrogens with one attached hydrogen (secondary N) is 1. The number of carbonyl (C=O) groups is 1. The summed E-state index contributed by atoms with van der Waals surface area (Å²) in [6.07, 6.45) is 3.94. The number of rotatable bonds is 8. The molecular weight excluding hydrogens is 388 g/mol. The molecule has 1 aliphatic rings. The van der Waals surface area contributed by atoms with Gasteiger partial charge in [-0.05, 0) is 19.8 Å². The van der Waals surface area contributed by atoms with Crippen molar-refractivity contribution in [1.29, 1.82) is 0 Å². The van der Waals surface area contributed by atoms with Crippen LogP contribution in [0.3, 0.4) is 0 Å². The van der Waals surface area contributed by atoms with Gasteiger partial charge in [-0.1, -0.05) is 30.3 Å². The number of benzene rings is 1. The SMILES string of the molecule is CCOC(=O)c1cnn(-c2nc(-c3ccccc3)cs2)c1CNC[C@H]1CCCO1. The molecule has 3 heterocycles. The molecule has 0 radical (unpaired) electrons. The van der Waals surface area contributed by atoms with Gasteiger partial charge in [0.05, 0.1) is 30.3 Å². The van der Waals surface area contributed by atoms with Gasteiger partial charge in [0.15, 0.2) is 0 Å². The maximum atomic E-state index is 12.4. The first kappa shape index (κ1) is 19.8. The lowest BCUT2D eigenvalue weighted by atomic mass is 10.2. The van der Waals surface area contributed by atoms with E-state index in [9.17, 15) is 4.79 Å². The Labute approximate surface area is 173 Å². The molecule has 0 aliphatic carbocycles. The molecule has 1 atom stereocenters. The van der Waals surface area contributed by atoms with E-state index in [0.29, 0.717) is 23.8 Å². The second-order valence-corrected chi connectivity index (χ2v) is 7.62. The molecule has 1 N–H and O–H groups in total. The molecule has 1 fully saturated rings. The first-order valence-corrected chi connectivity index (χ1v) is 10.7. The quantitative estimate of drug-likeness (QED) is 0.571. The molecule has 1 saturated heterocycles. The minimum atomic E-state index is -0.368. The average Bonchev–Trinajstić information content (AvgIpc) is 3.49. The Morgan fingerprint density at radius 2 is 2.24 bits per heavy atom. The highest BCUT2D eigenvalue weighted by Gasteiger charge is 2.22. The Balaban J connectivity index is 1.58. The van der Waals surface area contributed by atoms with E-state index in [1.807, 2.05) is 35.7 Å². The molecule has 8 heteroatoms. The normalized spacial score (nSPS) is 16.2. The van der Waals surface area contributed by atoms with E-state index in [1.165, 1.54) is 11.3 Å². The molecule has 0 bridgehead atoms. The van der Waals surface area contributed by atoms with Crippen LogP contribution in [0.1, 0.15) is 35.8 Å². The fourth-order valence-electron chi connectivity index (χ4n) is 3.35. The Bertz CT molecular complexity index is 948. The minimum Gasteiger partial charge on any atom is -0.462 e. The summed E-state index contributed by atoms with van der Waals surface area (Å²) < 4.78 is 12.6. The van der Waals surface area contributed by atoms with Crippen LogP contribution < -0.4 is 5.32 Å². The van der Waals surface area contributed by atoms with E-state index in [2.05, 4.69) is 10.4 Å². The second kappa shape index (κ2) is 9.30. The summed E-state index contributed by atoms with van der Waals surface area (Å²) >= 11 is 1.49. The molecule has 0 spiro atoms. The molecule has 2 aromatic heterocycles. The van der Waals surface area contributed by atoms with Crippen LogP contribution in [0.5, 0.6) is 0 Å². The minimum absolute atomic E-state index is 0.224. The molecule has 7 nitrogen and oxygen atoms in total. The highest BCUT2D eigenvalue weighted by molar-refractivity contribution is 7.12. The zero-order valence-electron chi connectivity index (χ0n) is 16.3. The number of ether oxygens (including phenoxy) is 2. The molecule has 4 rings (SSSR count). The van der Waals surface area contributed by atoms with Crippen LogP contribution in [0, 0.1) is 0 Å². The van der Waals surface area contributed by atoms with Crippen LogP contribution in [-0.4, -0.2) is 46.6 Å². The maximum Gasteiger partial charge on any atom is 0.341 e. The Morgan fingerprint density at radius 1 is 1.38 bits per heavy atom. The molecule has 29 heavy (non-hydrogen) atoms. The van der Waals surface area contributed by atoms with Crippen LogP contribution in [0.2, 0.25) is 0 Å². The fourth-order valence-corrected chi connectivity index (χ4v) is 4.16. The van der Waals surface area contributed by atoms with Gasteiger partial charge in [-0.3, -0.25) is 0 Å². The average molecular weight is 413 g/mol. The van der Waals surface area contributed by atoms with E-state index in [0.717, 1.165) is 42.9 Å². The van der Waals surface area contributed by atoms with Gasteiger partial charge in [0.1, 0.15) is 5.56 Å². The predicted octanol–water partition coefficient (Wildman–Crippen LogP) is 3.44. The Hall–Kier alpha value is -2.55. The summed E-state index contributed by atoms with van der Waals surface area (Å²) in [5.41, 5.74) is 3.14. The van der Waals surface area contributed by atoms with Gasteiger partial charge in [0, 0.05) is 30.6 Å². The number of esters is 1. The van der Waals surface area contributed by atoms with Crippen molar-refractivity contribution in [3.63, 3.8) is 0 Å². The molecule has 0 unspecified atom stereocenters. The summed E-state index contributed by atoms with van der Waals surface area (Å²) in [5.74, 6) is -0.368. The first-order valence-electron chi connectivity index (χ1n) is 9.84. The zero-order chi connectivity index (χ0) is 20.1. The summed E-state index contributed by atoms with van der Waals surface area (Å²) in [7, 11) is 0. The number of hydrogen-bond acceptors (Lipinski definition) is 7. The highest BCUT2D eigenvalue weighted by atomic mass is 32.1. The van der Waals surface area contributed by atoms with Crippen LogP contribution >= 0.6 is 11.3 Å². The third-order valence-corrected chi connectivity index (χ3v) is 5.61. The lowest BCUT2D eigenvalue weighted by molar-refractivity contribution is 0.0525. The van der Waals surface area contributed by atoms with Gasteiger partial charge in [-0.15, -0.1) is 11.3 Å². The Kier molecular flexibility index (Phi) is 6.33. The van der Waals surface area contributed by atoms with Crippen molar-refractivity contribution >= 4 is 17.3 Å². The number of thiazole rings is 1.